The highest BCUT2D eigenvalue weighted by Crippen LogP contribution is 2.39. The molecule has 0 bridgehead atoms. The van der Waals surface area contributed by atoms with E-state index in [1.807, 2.05) is 19.9 Å². The zero-order valence-electron chi connectivity index (χ0n) is 15.9. The van der Waals surface area contributed by atoms with E-state index in [4.69, 9.17) is 9.15 Å². The number of rotatable bonds is 4. The van der Waals surface area contributed by atoms with Crippen LogP contribution >= 0.6 is 0 Å². The van der Waals surface area contributed by atoms with Crippen molar-refractivity contribution in [2.75, 3.05) is 20.3 Å². The third kappa shape index (κ3) is 2.72. The molecule has 5 nitrogen and oxygen atoms in total. The molecule has 0 aliphatic carbocycles. The van der Waals surface area contributed by atoms with Gasteiger partial charge in [-0.25, -0.2) is 4.39 Å². The average Bonchev–Trinajstić information content (AvgIpc) is 2.92. The van der Waals surface area contributed by atoms with Crippen LogP contribution in [0.1, 0.15) is 38.9 Å². The molecule has 1 aromatic heterocycles. The van der Waals surface area contributed by atoms with Gasteiger partial charge in [-0.1, -0.05) is 24.3 Å². The normalized spacial score (nSPS) is 16.1. The molecule has 28 heavy (non-hydrogen) atoms. The summed E-state index contributed by atoms with van der Waals surface area (Å²) in [7, 11) is 1.52. The second-order valence-electron chi connectivity index (χ2n) is 7.04. The standard InChI is InChI=1S/C22H20FNO4/c1-12-10-13(2)17-16(11-12)28-21-18(20(17)25)19(14-6-4-5-7-15(14)23)24(22(21)26)8-9-27-3/h4-7,10-11,19H,8-9H2,1-3H3. The zero-order valence-corrected chi connectivity index (χ0v) is 15.9. The fraction of sp³-hybridized carbons (Fsp3) is 0.273. The van der Waals surface area contributed by atoms with Gasteiger partial charge in [0.25, 0.3) is 5.91 Å². The third-order valence-corrected chi connectivity index (χ3v) is 5.15. The minimum absolute atomic E-state index is 0.0214. The molecule has 4 rings (SSSR count). The lowest BCUT2D eigenvalue weighted by molar-refractivity contribution is 0.0661. The summed E-state index contributed by atoms with van der Waals surface area (Å²) in [6.07, 6.45) is 0. The van der Waals surface area contributed by atoms with E-state index in [0.717, 1.165) is 11.1 Å². The van der Waals surface area contributed by atoms with Crippen LogP contribution in [0, 0.1) is 19.7 Å². The van der Waals surface area contributed by atoms with Crippen LogP contribution in [0.5, 0.6) is 0 Å². The van der Waals surface area contributed by atoms with Gasteiger partial charge in [0.15, 0.2) is 5.43 Å². The highest BCUT2D eigenvalue weighted by molar-refractivity contribution is 5.99. The molecule has 6 heteroatoms. The maximum absolute atomic E-state index is 14.6. The molecule has 0 radical (unpaired) electrons. The summed E-state index contributed by atoms with van der Waals surface area (Å²) in [5.74, 6) is -0.930. The van der Waals surface area contributed by atoms with Crippen molar-refractivity contribution in [2.24, 2.45) is 0 Å². The molecule has 0 saturated heterocycles. The summed E-state index contributed by atoms with van der Waals surface area (Å²) in [4.78, 5) is 27.9. The van der Waals surface area contributed by atoms with E-state index >= 15 is 0 Å². The van der Waals surface area contributed by atoms with Gasteiger partial charge in [0, 0.05) is 19.2 Å². The minimum atomic E-state index is -0.847. The first-order chi connectivity index (χ1) is 13.4. The lowest BCUT2D eigenvalue weighted by atomic mass is 9.96. The number of nitrogens with zero attached hydrogens (tertiary/aromatic N) is 1. The predicted octanol–water partition coefficient (Wildman–Crippen LogP) is 3.74. The highest BCUT2D eigenvalue weighted by atomic mass is 19.1. The number of ether oxygens (including phenoxy) is 1. The summed E-state index contributed by atoms with van der Waals surface area (Å²) in [5, 5.41) is 0.423. The summed E-state index contributed by atoms with van der Waals surface area (Å²) < 4.78 is 25.7. The van der Waals surface area contributed by atoms with Gasteiger partial charge < -0.3 is 14.1 Å². The van der Waals surface area contributed by atoms with E-state index in [2.05, 4.69) is 0 Å². The third-order valence-electron chi connectivity index (χ3n) is 5.15. The maximum atomic E-state index is 14.6. The van der Waals surface area contributed by atoms with E-state index in [0.29, 0.717) is 11.0 Å². The van der Waals surface area contributed by atoms with Crippen LogP contribution in [-0.2, 0) is 4.74 Å². The maximum Gasteiger partial charge on any atom is 0.290 e. The van der Waals surface area contributed by atoms with Crippen LogP contribution in [-0.4, -0.2) is 31.1 Å². The van der Waals surface area contributed by atoms with Crippen LogP contribution in [0.2, 0.25) is 0 Å². The molecule has 1 aliphatic heterocycles. The first kappa shape index (κ1) is 18.4. The summed E-state index contributed by atoms with van der Waals surface area (Å²) in [5.41, 5.74) is 2.22. The fourth-order valence-corrected chi connectivity index (χ4v) is 3.95. The Labute approximate surface area is 161 Å². The number of halogens is 1. The molecule has 3 aromatic rings. The molecule has 0 N–H and O–H groups in total. The average molecular weight is 381 g/mol. The molecular formula is C22H20FNO4. The van der Waals surface area contributed by atoms with Crippen LogP contribution < -0.4 is 5.43 Å². The van der Waals surface area contributed by atoms with E-state index in [1.165, 1.54) is 18.1 Å². The Kier molecular flexibility index (Phi) is 4.51. The lowest BCUT2D eigenvalue weighted by Crippen LogP contribution is -2.33. The van der Waals surface area contributed by atoms with E-state index in [1.54, 1.807) is 24.3 Å². The number of carbonyl (C=O) groups is 1. The second kappa shape index (κ2) is 6.87. The molecule has 1 aliphatic rings. The molecule has 0 saturated carbocycles. The van der Waals surface area contributed by atoms with E-state index in [9.17, 15) is 14.0 Å². The van der Waals surface area contributed by atoms with Gasteiger partial charge in [0.1, 0.15) is 11.4 Å². The Bertz CT molecular complexity index is 1150. The van der Waals surface area contributed by atoms with Crippen LogP contribution in [0.4, 0.5) is 4.39 Å². The molecule has 1 unspecified atom stereocenters. The minimum Gasteiger partial charge on any atom is -0.450 e. The van der Waals surface area contributed by atoms with Crippen LogP contribution in [0.15, 0.2) is 45.6 Å². The topological polar surface area (TPSA) is 59.8 Å². The van der Waals surface area contributed by atoms with Crippen molar-refractivity contribution in [3.05, 3.63) is 80.5 Å². The van der Waals surface area contributed by atoms with Gasteiger partial charge in [0.05, 0.1) is 23.6 Å². The number of hydrogen-bond donors (Lipinski definition) is 0. The summed E-state index contributed by atoms with van der Waals surface area (Å²) >= 11 is 0. The Morgan fingerprint density at radius 2 is 1.93 bits per heavy atom. The van der Waals surface area contributed by atoms with E-state index in [-0.39, 0.29) is 35.5 Å². The molecule has 1 atom stereocenters. The van der Waals surface area contributed by atoms with Crippen molar-refractivity contribution in [3.63, 3.8) is 0 Å². The quantitative estimate of drug-likeness (QED) is 0.691. The Hall–Kier alpha value is -2.99. The Morgan fingerprint density at radius 3 is 2.64 bits per heavy atom. The first-order valence-electron chi connectivity index (χ1n) is 9.06. The number of amides is 1. The molecule has 0 spiro atoms. The molecule has 144 valence electrons. The van der Waals surface area contributed by atoms with Gasteiger partial charge in [0.2, 0.25) is 5.76 Å². The number of benzene rings is 2. The summed E-state index contributed by atoms with van der Waals surface area (Å²) in [6, 6.07) is 8.96. The monoisotopic (exact) mass is 381 g/mol. The number of fused-ring (bicyclic) bond motifs is 2. The van der Waals surface area contributed by atoms with Crippen molar-refractivity contribution in [2.45, 2.75) is 19.9 Å². The number of methoxy groups -OCH3 is 1. The van der Waals surface area contributed by atoms with E-state index < -0.39 is 17.8 Å². The van der Waals surface area contributed by atoms with Crippen molar-refractivity contribution < 1.29 is 18.3 Å². The summed E-state index contributed by atoms with van der Waals surface area (Å²) in [6.45, 7) is 4.20. The SMILES string of the molecule is COCCN1C(=O)c2oc3cc(C)cc(C)c3c(=O)c2C1c1ccccc1F. The largest absolute Gasteiger partial charge is 0.450 e. The molecule has 1 amide bonds. The molecule has 2 aromatic carbocycles. The van der Waals surface area contributed by atoms with Gasteiger partial charge in [-0.05, 0) is 37.1 Å². The Morgan fingerprint density at radius 1 is 1.18 bits per heavy atom. The van der Waals surface area contributed by atoms with Crippen molar-refractivity contribution in [3.8, 4) is 0 Å². The highest BCUT2D eigenvalue weighted by Gasteiger charge is 2.43. The number of aryl methyl sites for hydroxylation is 2. The van der Waals surface area contributed by atoms with Crippen LogP contribution in [0.25, 0.3) is 11.0 Å². The van der Waals surface area contributed by atoms with Crippen LogP contribution in [0.3, 0.4) is 0 Å². The van der Waals surface area contributed by atoms with Gasteiger partial charge in [-0.15, -0.1) is 0 Å². The molecule has 0 fully saturated rings. The number of carbonyl (C=O) groups excluding carboxylic acids is 1. The zero-order chi connectivity index (χ0) is 20.0. The fourth-order valence-electron chi connectivity index (χ4n) is 3.95. The Balaban J connectivity index is 2.03. The molecular weight excluding hydrogens is 361 g/mol. The van der Waals surface area contributed by atoms with Crippen molar-refractivity contribution in [1.82, 2.24) is 4.90 Å². The van der Waals surface area contributed by atoms with Crippen molar-refractivity contribution >= 4 is 16.9 Å². The van der Waals surface area contributed by atoms with Gasteiger partial charge >= 0.3 is 0 Å². The smallest absolute Gasteiger partial charge is 0.290 e. The van der Waals surface area contributed by atoms with Crippen molar-refractivity contribution in [1.29, 1.82) is 0 Å². The molecule has 2 heterocycles. The first-order valence-corrected chi connectivity index (χ1v) is 9.06. The van der Waals surface area contributed by atoms with Gasteiger partial charge in [-0.3, -0.25) is 9.59 Å². The van der Waals surface area contributed by atoms with Gasteiger partial charge in [-0.2, -0.15) is 0 Å². The predicted molar refractivity (Wildman–Crippen MR) is 103 cm³/mol. The number of hydrogen-bond acceptors (Lipinski definition) is 4. The lowest BCUT2D eigenvalue weighted by Gasteiger charge is -2.25. The second-order valence-corrected chi connectivity index (χ2v) is 7.04.